The van der Waals surface area contributed by atoms with Gasteiger partial charge in [0.05, 0.1) is 23.7 Å². The maximum atomic E-state index is 13.0. The number of likely N-dealkylation sites (N-methyl/N-ethyl adjacent to an activating group) is 1. The van der Waals surface area contributed by atoms with Crippen LogP contribution in [0.1, 0.15) is 57.6 Å². The van der Waals surface area contributed by atoms with Gasteiger partial charge in [0.25, 0.3) is 5.56 Å². The molecule has 1 N–H and O–H groups in total. The van der Waals surface area contributed by atoms with Gasteiger partial charge in [-0.2, -0.15) is 9.78 Å². The molecule has 0 saturated carbocycles. The van der Waals surface area contributed by atoms with E-state index < -0.39 is 0 Å². The summed E-state index contributed by atoms with van der Waals surface area (Å²) in [5, 5.41) is 7.29. The van der Waals surface area contributed by atoms with Gasteiger partial charge in [0.15, 0.2) is 5.82 Å². The van der Waals surface area contributed by atoms with Crippen LogP contribution in [-0.2, 0) is 9.53 Å². The predicted molar refractivity (Wildman–Crippen MR) is 133 cm³/mol. The number of benzene rings is 1. The minimum atomic E-state index is -0.197. The molecule has 1 aromatic carbocycles. The number of amides is 1. The monoisotopic (exact) mass is 452 g/mol. The molecule has 0 aliphatic carbocycles. The first-order valence-electron chi connectivity index (χ1n) is 11.1. The molecule has 0 fully saturated rings. The van der Waals surface area contributed by atoms with Crippen molar-refractivity contribution in [3.05, 3.63) is 45.6 Å². The number of carbonyl (C=O) groups is 1. The summed E-state index contributed by atoms with van der Waals surface area (Å²) < 4.78 is 6.53. The molecule has 2 heterocycles. The van der Waals surface area contributed by atoms with E-state index in [1.807, 2.05) is 39.0 Å². The highest BCUT2D eigenvalue weighted by Crippen LogP contribution is 2.31. The first kappa shape index (κ1) is 24.3. The van der Waals surface area contributed by atoms with Crippen LogP contribution < -0.4 is 15.8 Å². The fraction of sp³-hybridized carbons (Fsp3) is 0.458. The average molecular weight is 453 g/mol. The Labute approximate surface area is 194 Å². The Morgan fingerprint density at radius 3 is 2.64 bits per heavy atom. The maximum absolute atomic E-state index is 13.0. The van der Waals surface area contributed by atoms with Crippen molar-refractivity contribution in [1.82, 2.24) is 9.66 Å². The molecule has 2 aromatic rings. The third-order valence-corrected chi connectivity index (χ3v) is 5.50. The third kappa shape index (κ3) is 5.03. The summed E-state index contributed by atoms with van der Waals surface area (Å²) in [6, 6.07) is 5.71. The SMILES string of the molecule is CCN(CCOC)c1ccc(N=C2C(C)=Nn3c2nc(C)c(C(C)C)c3=O)c(NC(C)=O)c1. The highest BCUT2D eigenvalue weighted by molar-refractivity contribution is 6.48. The van der Waals surface area contributed by atoms with Gasteiger partial charge < -0.3 is 15.0 Å². The van der Waals surface area contributed by atoms with Crippen LogP contribution in [0.3, 0.4) is 0 Å². The molecule has 176 valence electrons. The van der Waals surface area contributed by atoms with E-state index in [9.17, 15) is 9.59 Å². The van der Waals surface area contributed by atoms with E-state index in [-0.39, 0.29) is 17.4 Å². The summed E-state index contributed by atoms with van der Waals surface area (Å²) in [5.74, 6) is 0.253. The number of anilines is 2. The number of nitrogens with zero attached hydrogens (tertiary/aromatic N) is 5. The summed E-state index contributed by atoms with van der Waals surface area (Å²) in [7, 11) is 1.67. The van der Waals surface area contributed by atoms with E-state index in [2.05, 4.69) is 27.2 Å². The van der Waals surface area contributed by atoms with Crippen LogP contribution in [0, 0.1) is 6.92 Å². The Balaban J connectivity index is 2.11. The van der Waals surface area contributed by atoms with Crippen LogP contribution >= 0.6 is 0 Å². The molecule has 1 aliphatic heterocycles. The number of aromatic nitrogens is 2. The standard InChI is InChI=1S/C24H32N6O3/c1-8-29(11-12-33-7)18-9-10-19(20(13-18)26-17(6)31)27-22-16(5)28-30-23(22)25-15(4)21(14(2)3)24(30)32/h9-10,13-14H,8,11-12H2,1-7H3,(H,26,31). The average Bonchev–Trinajstić information content (AvgIpc) is 3.05. The summed E-state index contributed by atoms with van der Waals surface area (Å²) in [6.45, 7) is 13.2. The zero-order chi connectivity index (χ0) is 24.3. The number of fused-ring (bicyclic) bond motifs is 1. The predicted octanol–water partition coefficient (Wildman–Crippen LogP) is 3.46. The summed E-state index contributed by atoms with van der Waals surface area (Å²) in [5.41, 5.74) is 4.34. The minimum absolute atomic E-state index is 0.0397. The molecule has 1 aromatic heterocycles. The van der Waals surface area contributed by atoms with Crippen molar-refractivity contribution in [2.45, 2.75) is 47.5 Å². The molecule has 1 aliphatic rings. The number of carbonyl (C=O) groups excluding carboxylic acids is 1. The van der Waals surface area contributed by atoms with Gasteiger partial charge in [-0.1, -0.05) is 13.8 Å². The fourth-order valence-electron chi connectivity index (χ4n) is 3.93. The molecule has 0 atom stereocenters. The lowest BCUT2D eigenvalue weighted by molar-refractivity contribution is -0.114. The van der Waals surface area contributed by atoms with Crippen LogP contribution in [0.15, 0.2) is 33.1 Å². The molecule has 9 nitrogen and oxygen atoms in total. The molecular weight excluding hydrogens is 420 g/mol. The van der Waals surface area contributed by atoms with Gasteiger partial charge in [-0.15, -0.1) is 0 Å². The normalized spacial score (nSPS) is 13.9. The molecule has 9 heteroatoms. The number of nitrogens with one attached hydrogen (secondary N) is 1. The largest absolute Gasteiger partial charge is 0.383 e. The second-order valence-corrected chi connectivity index (χ2v) is 8.31. The van der Waals surface area contributed by atoms with Gasteiger partial charge in [0, 0.05) is 44.1 Å². The Kier molecular flexibility index (Phi) is 7.43. The summed E-state index contributed by atoms with van der Waals surface area (Å²) in [6.07, 6.45) is 0. The Morgan fingerprint density at radius 2 is 2.03 bits per heavy atom. The number of hydrogen-bond acceptors (Lipinski definition) is 7. The van der Waals surface area contributed by atoms with Gasteiger partial charge in [-0.25, -0.2) is 9.98 Å². The fourth-order valence-corrected chi connectivity index (χ4v) is 3.93. The Morgan fingerprint density at radius 1 is 1.30 bits per heavy atom. The van der Waals surface area contributed by atoms with Crippen LogP contribution in [-0.4, -0.2) is 53.8 Å². The molecule has 3 rings (SSSR count). The lowest BCUT2D eigenvalue weighted by Crippen LogP contribution is -2.27. The lowest BCUT2D eigenvalue weighted by Gasteiger charge is -2.23. The van der Waals surface area contributed by atoms with E-state index >= 15 is 0 Å². The molecule has 0 spiro atoms. The van der Waals surface area contributed by atoms with Crippen LogP contribution in [0.5, 0.6) is 0 Å². The van der Waals surface area contributed by atoms with Crippen molar-refractivity contribution < 1.29 is 9.53 Å². The van der Waals surface area contributed by atoms with E-state index in [4.69, 9.17) is 9.73 Å². The zero-order valence-electron chi connectivity index (χ0n) is 20.4. The van der Waals surface area contributed by atoms with Crippen LogP contribution in [0.2, 0.25) is 0 Å². The summed E-state index contributed by atoms with van der Waals surface area (Å²) >= 11 is 0. The first-order chi connectivity index (χ1) is 15.7. The van der Waals surface area contributed by atoms with Crippen LogP contribution in [0.25, 0.3) is 0 Å². The van der Waals surface area contributed by atoms with Crippen molar-refractivity contribution in [3.63, 3.8) is 0 Å². The quantitative estimate of drug-likeness (QED) is 0.661. The number of rotatable bonds is 8. The van der Waals surface area contributed by atoms with Crippen LogP contribution in [0.4, 0.5) is 17.1 Å². The first-order valence-corrected chi connectivity index (χ1v) is 11.1. The van der Waals surface area contributed by atoms with Crippen molar-refractivity contribution in [3.8, 4) is 0 Å². The van der Waals surface area contributed by atoms with Crippen molar-refractivity contribution >= 4 is 34.4 Å². The van der Waals surface area contributed by atoms with Gasteiger partial charge in [-0.3, -0.25) is 9.59 Å². The highest BCUT2D eigenvalue weighted by Gasteiger charge is 2.26. The third-order valence-electron chi connectivity index (χ3n) is 5.50. The molecular formula is C24H32N6O3. The van der Waals surface area contributed by atoms with Crippen molar-refractivity contribution in [2.24, 2.45) is 10.1 Å². The number of aliphatic imine (C=N–C) groups is 1. The highest BCUT2D eigenvalue weighted by atomic mass is 16.5. The van der Waals surface area contributed by atoms with Crippen molar-refractivity contribution in [1.29, 1.82) is 0 Å². The molecule has 1 amide bonds. The Hall–Kier alpha value is -3.33. The van der Waals surface area contributed by atoms with Gasteiger partial charge in [-0.05, 0) is 44.9 Å². The molecule has 0 bridgehead atoms. The number of methoxy groups -OCH3 is 1. The molecule has 33 heavy (non-hydrogen) atoms. The minimum Gasteiger partial charge on any atom is -0.383 e. The van der Waals surface area contributed by atoms with Gasteiger partial charge in [0.2, 0.25) is 5.91 Å². The van der Waals surface area contributed by atoms with E-state index in [0.717, 1.165) is 18.8 Å². The number of hydrogen-bond donors (Lipinski definition) is 1. The maximum Gasteiger partial charge on any atom is 0.278 e. The van der Waals surface area contributed by atoms with E-state index in [0.29, 0.717) is 46.5 Å². The second-order valence-electron chi connectivity index (χ2n) is 8.31. The number of ether oxygens (including phenoxy) is 1. The molecule has 0 saturated heterocycles. The Bertz CT molecular complexity index is 1180. The molecule has 0 unspecified atom stereocenters. The smallest absolute Gasteiger partial charge is 0.278 e. The second kappa shape index (κ2) is 10.1. The zero-order valence-corrected chi connectivity index (χ0v) is 20.4. The van der Waals surface area contributed by atoms with E-state index in [1.165, 1.54) is 11.6 Å². The van der Waals surface area contributed by atoms with Crippen molar-refractivity contribution in [2.75, 3.05) is 37.0 Å². The van der Waals surface area contributed by atoms with Gasteiger partial charge in [0.1, 0.15) is 5.71 Å². The lowest BCUT2D eigenvalue weighted by atomic mass is 10.0. The number of aryl methyl sites for hydroxylation is 1. The molecule has 0 radical (unpaired) electrons. The van der Waals surface area contributed by atoms with Gasteiger partial charge >= 0.3 is 0 Å². The van der Waals surface area contributed by atoms with E-state index in [1.54, 1.807) is 14.0 Å². The summed E-state index contributed by atoms with van der Waals surface area (Å²) in [4.78, 5) is 36.5. The topological polar surface area (TPSA) is 101 Å².